The van der Waals surface area contributed by atoms with Crippen molar-refractivity contribution in [3.8, 4) is 12.8 Å². The van der Waals surface area contributed by atoms with Gasteiger partial charge >= 0.3 is 11.9 Å². The Morgan fingerprint density at radius 2 is 1.09 bits per heavy atom. The van der Waals surface area contributed by atoms with Crippen LogP contribution in [-0.4, -0.2) is 100 Å². The van der Waals surface area contributed by atoms with Gasteiger partial charge in [-0.2, -0.15) is 0 Å². The topological polar surface area (TPSA) is 275 Å². The van der Waals surface area contributed by atoms with Crippen LogP contribution in [0.2, 0.25) is 0 Å². The first-order valence-corrected chi connectivity index (χ1v) is 15.1. The van der Waals surface area contributed by atoms with Gasteiger partial charge in [-0.3, -0.25) is 38.4 Å². The van der Waals surface area contributed by atoms with Gasteiger partial charge in [0.25, 0.3) is 0 Å². The number of terminal acetylenes is 1. The van der Waals surface area contributed by atoms with E-state index in [0.717, 1.165) is 0 Å². The maximum atomic E-state index is 12.7. The Balaban J connectivity index is 0. The Hall–Kier alpha value is -4.72. The monoisotopic (exact) mass is 669 g/mol. The summed E-state index contributed by atoms with van der Waals surface area (Å²) in [4.78, 5) is 95.2. The average Bonchev–Trinajstić information content (AvgIpc) is 2.98. The van der Waals surface area contributed by atoms with E-state index >= 15 is 0 Å². The van der Waals surface area contributed by atoms with E-state index < -0.39 is 84.1 Å². The lowest BCUT2D eigenvalue weighted by molar-refractivity contribution is -0.141. The summed E-state index contributed by atoms with van der Waals surface area (Å²) >= 11 is 0. The maximum Gasteiger partial charge on any atom is 0.325 e. The van der Waals surface area contributed by atoms with Gasteiger partial charge in [-0.25, -0.2) is 0 Å². The minimum atomic E-state index is -1.23. The van der Waals surface area contributed by atoms with Gasteiger partial charge in [-0.05, 0) is 59.3 Å². The van der Waals surface area contributed by atoms with Crippen LogP contribution in [0, 0.1) is 18.8 Å². The minimum Gasteiger partial charge on any atom is -0.481 e. The van der Waals surface area contributed by atoms with Gasteiger partial charge in [0, 0.05) is 18.9 Å². The molecular formula is C30H51N7O10. The van der Waals surface area contributed by atoms with Crippen LogP contribution in [-0.2, 0) is 38.4 Å². The molecule has 6 amide bonds. The number of amides is 6. The molecule has 47 heavy (non-hydrogen) atoms. The number of carboxylic acids is 2. The van der Waals surface area contributed by atoms with Gasteiger partial charge in [-0.1, -0.05) is 13.8 Å². The largest absolute Gasteiger partial charge is 0.481 e. The Morgan fingerprint density at radius 3 is 1.57 bits per heavy atom. The number of carbonyl (C=O) groups is 8. The molecule has 6 atom stereocenters. The maximum absolute atomic E-state index is 12.7. The second-order valence-corrected chi connectivity index (χ2v) is 11.4. The third kappa shape index (κ3) is 20.8. The second kappa shape index (κ2) is 23.6. The molecule has 0 aliphatic heterocycles. The third-order valence-electron chi connectivity index (χ3n) is 6.51. The molecule has 0 aliphatic rings. The van der Waals surface area contributed by atoms with E-state index in [4.69, 9.17) is 15.9 Å². The Labute approximate surface area is 275 Å². The predicted molar refractivity (Wildman–Crippen MR) is 171 cm³/mol. The molecule has 0 heterocycles. The molecule has 0 aromatic carbocycles. The van der Waals surface area contributed by atoms with E-state index in [9.17, 15) is 38.4 Å². The molecule has 4 unspecified atom stereocenters. The van der Waals surface area contributed by atoms with Crippen molar-refractivity contribution < 1.29 is 48.6 Å². The van der Waals surface area contributed by atoms with Crippen molar-refractivity contribution in [1.29, 1.82) is 0 Å². The molecule has 0 bridgehead atoms. The number of aliphatic carboxylic acids is 2. The van der Waals surface area contributed by atoms with Crippen molar-refractivity contribution in [3.05, 3.63) is 0 Å². The summed E-state index contributed by atoms with van der Waals surface area (Å²) < 4.78 is 0. The summed E-state index contributed by atoms with van der Waals surface area (Å²) in [5, 5.41) is 32.4. The molecule has 266 valence electrons. The van der Waals surface area contributed by atoms with Crippen LogP contribution in [0.25, 0.3) is 0 Å². The summed E-state index contributed by atoms with van der Waals surface area (Å²) in [5.41, 5.74) is 5.60. The number of carbonyl (C=O) groups excluding carboxylic acids is 6. The molecule has 0 radical (unpaired) electrons. The fraction of sp³-hybridized carbons (Fsp3) is 0.667. The molecule has 0 aliphatic carbocycles. The minimum absolute atomic E-state index is 0.0504. The van der Waals surface area contributed by atoms with Crippen molar-refractivity contribution in [2.45, 2.75) is 116 Å². The molecule has 0 spiro atoms. The zero-order valence-electron chi connectivity index (χ0n) is 27.9. The van der Waals surface area contributed by atoms with Crippen LogP contribution in [0.4, 0.5) is 0 Å². The number of nitrogens with two attached hydrogens (primary N) is 1. The molecule has 0 rings (SSSR count). The van der Waals surface area contributed by atoms with Crippen molar-refractivity contribution >= 4 is 47.4 Å². The molecule has 0 aromatic rings. The average molecular weight is 670 g/mol. The van der Waals surface area contributed by atoms with Gasteiger partial charge in [0.1, 0.15) is 24.2 Å². The van der Waals surface area contributed by atoms with E-state index in [1.165, 1.54) is 27.7 Å². The van der Waals surface area contributed by atoms with Crippen LogP contribution in [0.1, 0.15) is 80.1 Å². The normalized spacial score (nSPS) is 14.3. The summed E-state index contributed by atoms with van der Waals surface area (Å²) in [7, 11) is 0. The smallest absolute Gasteiger partial charge is 0.325 e. The van der Waals surface area contributed by atoms with Gasteiger partial charge in [-0.15, -0.1) is 12.8 Å². The quantitative estimate of drug-likeness (QED) is 0.0624. The van der Waals surface area contributed by atoms with Gasteiger partial charge in [0.15, 0.2) is 0 Å². The molecule has 10 N–H and O–H groups in total. The lowest BCUT2D eigenvalue weighted by Gasteiger charge is -2.23. The van der Waals surface area contributed by atoms with Crippen LogP contribution in [0.15, 0.2) is 0 Å². The van der Waals surface area contributed by atoms with Crippen molar-refractivity contribution in [3.63, 3.8) is 0 Å². The number of hydrogen-bond acceptors (Lipinski definition) is 9. The summed E-state index contributed by atoms with van der Waals surface area (Å²) in [6.45, 7) is 9.05. The Bertz CT molecular complexity index is 1110. The Kier molecular flexibility index (Phi) is 22.3. The SMILES string of the molecule is C#C.CC(C)CC(CCCC(=O)NC(C)C(=O)N[C@@H](C)C(=O)N[C@@H](C)C(=O)O)NC(=O)C(C)NC(=O)CNC(=O)C(N)CCC(=O)O. The third-order valence-corrected chi connectivity index (χ3v) is 6.51. The van der Waals surface area contributed by atoms with E-state index in [-0.39, 0.29) is 31.2 Å². The van der Waals surface area contributed by atoms with Crippen molar-refractivity contribution in [2.75, 3.05) is 6.54 Å². The number of hydrogen-bond donors (Lipinski definition) is 9. The molecule has 0 saturated heterocycles. The molecular weight excluding hydrogens is 618 g/mol. The number of rotatable bonds is 21. The molecule has 17 heteroatoms. The highest BCUT2D eigenvalue weighted by atomic mass is 16.4. The first-order valence-electron chi connectivity index (χ1n) is 15.1. The molecule has 0 aromatic heterocycles. The highest BCUT2D eigenvalue weighted by Crippen LogP contribution is 2.12. The van der Waals surface area contributed by atoms with Gasteiger partial charge < -0.3 is 47.8 Å². The fourth-order valence-corrected chi connectivity index (χ4v) is 3.90. The van der Waals surface area contributed by atoms with Crippen LogP contribution < -0.4 is 37.6 Å². The fourth-order valence-electron chi connectivity index (χ4n) is 3.90. The van der Waals surface area contributed by atoms with Crippen LogP contribution in [0.3, 0.4) is 0 Å². The van der Waals surface area contributed by atoms with Gasteiger partial charge in [0.2, 0.25) is 35.4 Å². The highest BCUT2D eigenvalue weighted by Gasteiger charge is 2.24. The lowest BCUT2D eigenvalue weighted by Crippen LogP contribution is -2.53. The zero-order valence-corrected chi connectivity index (χ0v) is 27.9. The highest BCUT2D eigenvalue weighted by molar-refractivity contribution is 5.93. The van der Waals surface area contributed by atoms with E-state index in [1.807, 2.05) is 13.8 Å². The number of carboxylic acid groups (broad SMARTS) is 2. The van der Waals surface area contributed by atoms with Crippen molar-refractivity contribution in [2.24, 2.45) is 11.7 Å². The lowest BCUT2D eigenvalue weighted by atomic mass is 9.98. The summed E-state index contributed by atoms with van der Waals surface area (Å²) in [6, 6.07) is -5.48. The van der Waals surface area contributed by atoms with E-state index in [2.05, 4.69) is 44.7 Å². The summed E-state index contributed by atoms with van der Waals surface area (Å²) in [5.74, 6) is -5.66. The van der Waals surface area contributed by atoms with E-state index in [1.54, 1.807) is 0 Å². The molecule has 0 saturated carbocycles. The standard InChI is InChI=1S/C28H49N7O10.C2H2/c1-14(2)12-19(35-26(42)16(4)32-22(37)13-30-27(43)20(29)10-11-23(38)39)8-7-9-21(36)31-15(3)24(40)33-17(5)25(41)34-18(6)28(44)45;1-2/h14-20H,7-13,29H2,1-6H3,(H,30,43)(H,31,36)(H,32,37)(H,33,40)(H,34,41)(H,35,42)(H,38,39)(H,44,45);1-2H/t15?,16?,17-,18-,19?,20?;/m0./s1. The molecule has 17 nitrogen and oxygen atoms in total. The van der Waals surface area contributed by atoms with Crippen LogP contribution in [0.5, 0.6) is 0 Å². The first kappa shape index (κ1) is 44.4. The van der Waals surface area contributed by atoms with E-state index in [0.29, 0.717) is 19.3 Å². The predicted octanol–water partition coefficient (Wildman–Crippen LogP) is -1.65. The zero-order chi connectivity index (χ0) is 36.9. The summed E-state index contributed by atoms with van der Waals surface area (Å²) in [6.07, 6.45) is 9.06. The first-order chi connectivity index (χ1) is 21.8. The van der Waals surface area contributed by atoms with Gasteiger partial charge in [0.05, 0.1) is 12.6 Å². The van der Waals surface area contributed by atoms with Crippen molar-refractivity contribution in [1.82, 2.24) is 31.9 Å². The Morgan fingerprint density at radius 1 is 0.617 bits per heavy atom. The number of nitrogens with one attached hydrogen (secondary N) is 6. The second-order valence-electron chi connectivity index (χ2n) is 11.4. The molecule has 0 fully saturated rings. The van der Waals surface area contributed by atoms with Crippen LogP contribution >= 0.6 is 0 Å².